The average Bonchev–Trinajstić information content (AvgIpc) is 4.05. The number of hydrogen-bond acceptors (Lipinski definition) is 7. The Morgan fingerprint density at radius 2 is 1.15 bits per heavy atom. The summed E-state index contributed by atoms with van der Waals surface area (Å²) in [5.41, 5.74) is 5.24. The maximum Gasteiger partial charge on any atom is 0.407 e. The zero-order valence-electron chi connectivity index (χ0n) is 34.3. The van der Waals surface area contributed by atoms with Gasteiger partial charge in [0, 0.05) is 41.9 Å². The fourth-order valence-corrected chi connectivity index (χ4v) is 8.68. The third-order valence-corrected chi connectivity index (χ3v) is 11.7. The van der Waals surface area contributed by atoms with E-state index in [1.165, 1.54) is 14.0 Å². The quantitative estimate of drug-likeness (QED) is 0.120. The number of methoxy groups -OCH3 is 1. The molecule has 2 aromatic heterocycles. The van der Waals surface area contributed by atoms with Crippen molar-refractivity contribution in [3.05, 3.63) is 83.4 Å². The predicted molar refractivity (Wildman–Crippen MR) is 227 cm³/mol. The Morgan fingerprint density at radius 1 is 0.695 bits per heavy atom. The van der Waals surface area contributed by atoms with Gasteiger partial charge in [0.1, 0.15) is 23.7 Å². The lowest BCUT2D eigenvalue weighted by Gasteiger charge is -2.30. The Morgan fingerprint density at radius 3 is 1.58 bits per heavy atom. The van der Waals surface area contributed by atoms with Crippen LogP contribution < -0.4 is 10.6 Å². The number of nitrogens with zero attached hydrogens (tertiary/aromatic N) is 4. The summed E-state index contributed by atoms with van der Waals surface area (Å²) >= 11 is 0. The molecule has 2 saturated heterocycles. The third-order valence-electron chi connectivity index (χ3n) is 11.7. The van der Waals surface area contributed by atoms with E-state index in [4.69, 9.17) is 14.7 Å². The minimum atomic E-state index is -0.697. The second-order valence-corrected chi connectivity index (χ2v) is 16.4. The number of ether oxygens (including phenoxy) is 1. The van der Waals surface area contributed by atoms with Gasteiger partial charge < -0.3 is 35.1 Å². The molecule has 4 atom stereocenters. The molecule has 1 unspecified atom stereocenters. The Hall–Kier alpha value is -6.42. The van der Waals surface area contributed by atoms with E-state index in [1.54, 1.807) is 0 Å². The lowest BCUT2D eigenvalue weighted by molar-refractivity contribution is -0.138. The molecule has 4 aromatic carbocycles. The van der Waals surface area contributed by atoms with Gasteiger partial charge in [-0.25, -0.2) is 14.8 Å². The summed E-state index contributed by atoms with van der Waals surface area (Å²) in [5, 5.41) is 9.58. The molecule has 4 N–H and O–H groups in total. The van der Waals surface area contributed by atoms with Crippen LogP contribution in [0.3, 0.4) is 0 Å². The van der Waals surface area contributed by atoms with Gasteiger partial charge in [-0.3, -0.25) is 14.4 Å². The van der Waals surface area contributed by atoms with Gasteiger partial charge in [0.2, 0.25) is 17.7 Å². The van der Waals surface area contributed by atoms with Gasteiger partial charge in [0.25, 0.3) is 0 Å². The Bertz CT molecular complexity index is 2690. The largest absolute Gasteiger partial charge is 0.453 e. The van der Waals surface area contributed by atoms with E-state index in [2.05, 4.69) is 62.8 Å². The first-order valence-corrected chi connectivity index (χ1v) is 20.5. The number of likely N-dealkylation sites (tertiary alicyclic amines) is 2. The maximum atomic E-state index is 13.7. The van der Waals surface area contributed by atoms with Gasteiger partial charge in [0.15, 0.2) is 0 Å². The molecule has 4 heterocycles. The third kappa shape index (κ3) is 7.67. The van der Waals surface area contributed by atoms with Crippen LogP contribution in [0.1, 0.15) is 95.2 Å². The van der Waals surface area contributed by atoms with E-state index in [0.29, 0.717) is 13.1 Å². The zero-order valence-corrected chi connectivity index (χ0v) is 34.3. The van der Waals surface area contributed by atoms with Crippen LogP contribution in [0, 0.1) is 23.7 Å². The molecule has 59 heavy (non-hydrogen) atoms. The van der Waals surface area contributed by atoms with Gasteiger partial charge in [-0.05, 0) is 84.7 Å². The number of amides is 4. The molecule has 0 bridgehead atoms. The number of H-pyrrole nitrogens is 2. The number of alkyl carbamates (subject to hydrolysis) is 1. The van der Waals surface area contributed by atoms with Crippen molar-refractivity contribution in [1.29, 1.82) is 0 Å². The van der Waals surface area contributed by atoms with Gasteiger partial charge in [-0.2, -0.15) is 0 Å². The van der Waals surface area contributed by atoms with Crippen LogP contribution >= 0.6 is 0 Å². The topological polar surface area (TPSA) is 165 Å². The molecular formula is C46H50N8O5. The highest BCUT2D eigenvalue weighted by Gasteiger charge is 2.39. The van der Waals surface area contributed by atoms with E-state index in [0.717, 1.165) is 92.1 Å². The number of hydrogen-bond donors (Lipinski definition) is 4. The highest BCUT2D eigenvalue weighted by molar-refractivity contribution is 6.05. The summed E-state index contributed by atoms with van der Waals surface area (Å²) in [6, 6.07) is 18.7. The first-order valence-electron chi connectivity index (χ1n) is 20.5. The lowest BCUT2D eigenvalue weighted by Crippen LogP contribution is -2.51. The minimum absolute atomic E-state index is 0.0363. The summed E-state index contributed by atoms with van der Waals surface area (Å²) in [5.74, 6) is 7.61. The highest BCUT2D eigenvalue weighted by atomic mass is 16.5. The molecule has 2 aliphatic heterocycles. The Labute approximate surface area is 342 Å². The zero-order chi connectivity index (χ0) is 41.5. The molecule has 13 nitrogen and oxygen atoms in total. The molecule has 0 radical (unpaired) electrons. The van der Waals surface area contributed by atoms with Crippen molar-refractivity contribution < 1.29 is 23.9 Å². The molecule has 2 aliphatic rings. The molecule has 0 spiro atoms. The second kappa shape index (κ2) is 16.1. The molecule has 8 rings (SSSR count). The molecule has 2 fully saturated rings. The number of aromatic nitrogens is 4. The smallest absolute Gasteiger partial charge is 0.407 e. The fraction of sp³-hybridized carbons (Fsp3) is 0.391. The first-order chi connectivity index (χ1) is 28.4. The van der Waals surface area contributed by atoms with Crippen LogP contribution in [0.15, 0.2) is 60.7 Å². The normalized spacial score (nSPS) is 17.8. The summed E-state index contributed by atoms with van der Waals surface area (Å²) < 4.78 is 4.78. The number of aromatic amines is 2. The fourth-order valence-electron chi connectivity index (χ4n) is 8.68. The Kier molecular flexibility index (Phi) is 10.7. The van der Waals surface area contributed by atoms with E-state index < -0.39 is 18.2 Å². The number of nitrogens with one attached hydrogen (secondary N) is 4. The van der Waals surface area contributed by atoms with Crippen molar-refractivity contribution in [2.75, 3.05) is 20.2 Å². The number of carbonyl (C=O) groups excluding carboxylic acids is 4. The van der Waals surface area contributed by atoms with Crippen LogP contribution in [0.25, 0.3) is 43.6 Å². The van der Waals surface area contributed by atoms with Crippen molar-refractivity contribution in [3.8, 4) is 11.8 Å². The van der Waals surface area contributed by atoms with E-state index in [1.807, 2.05) is 67.8 Å². The predicted octanol–water partition coefficient (Wildman–Crippen LogP) is 7.01. The number of benzene rings is 4. The maximum absolute atomic E-state index is 13.7. The summed E-state index contributed by atoms with van der Waals surface area (Å²) in [6.45, 7) is 10.4. The van der Waals surface area contributed by atoms with Gasteiger partial charge in [0.05, 0.1) is 41.3 Å². The van der Waals surface area contributed by atoms with E-state index >= 15 is 0 Å². The number of carbonyl (C=O) groups is 4. The molecule has 304 valence electrons. The van der Waals surface area contributed by atoms with Crippen LogP contribution in [-0.4, -0.2) is 85.8 Å². The van der Waals surface area contributed by atoms with E-state index in [-0.39, 0.29) is 41.6 Å². The van der Waals surface area contributed by atoms with Crippen molar-refractivity contribution >= 4 is 67.4 Å². The average molecular weight is 795 g/mol. The number of fused-ring (bicyclic) bond motifs is 6. The van der Waals surface area contributed by atoms with Crippen LogP contribution in [0.2, 0.25) is 0 Å². The van der Waals surface area contributed by atoms with Crippen LogP contribution in [-0.2, 0) is 19.1 Å². The summed E-state index contributed by atoms with van der Waals surface area (Å²) in [7, 11) is 1.29. The number of rotatable bonds is 8. The molecule has 6 aromatic rings. The molecule has 13 heteroatoms. The molecule has 0 saturated carbocycles. The summed E-state index contributed by atoms with van der Waals surface area (Å²) in [6.07, 6.45) is 2.66. The minimum Gasteiger partial charge on any atom is -0.453 e. The van der Waals surface area contributed by atoms with Gasteiger partial charge in [-0.1, -0.05) is 63.8 Å². The Balaban J connectivity index is 1.01. The molecule has 0 aliphatic carbocycles. The lowest BCUT2D eigenvalue weighted by atomic mass is 10.0. The SMILES string of the molecule is COC(=O)N[C@H](C(=O)N1CCCC1c1nc2c(ccc3cc(C#Cc4ccc5c(ccc6[nH]c([C@@H]7CCCN7C(=O)[C@@H](NC(C)=O)C(C)C)nc65)c4)ccc32)[nH]1)C(C)C. The second-order valence-electron chi connectivity index (χ2n) is 16.4. The molecular weight excluding hydrogens is 745 g/mol. The summed E-state index contributed by atoms with van der Waals surface area (Å²) in [4.78, 5) is 71.9. The van der Waals surface area contributed by atoms with Crippen molar-refractivity contribution in [2.45, 2.75) is 84.5 Å². The standard InChI is InChI=1S/C46H50N8O5/c1-25(2)38(47-27(5)55)44(56)53-21-7-9-36(53)42-48-34-19-15-30-23-28(13-17-32(30)40(34)50-42)11-12-29-14-18-33-31(24-29)16-20-35-41(33)51-43(49-35)37-10-8-22-54(37)45(57)39(26(3)4)52-46(58)59-6/h13-20,23-26,36-39H,7-10,21-22H2,1-6H3,(H,47,55)(H,48,50)(H,49,51)(H,52,58)/t36-,37?,38-,39-/m0/s1. The van der Waals surface area contributed by atoms with Crippen LogP contribution in [0.4, 0.5) is 4.79 Å². The van der Waals surface area contributed by atoms with Gasteiger partial charge in [-0.15, -0.1) is 0 Å². The van der Waals surface area contributed by atoms with Crippen molar-refractivity contribution in [3.63, 3.8) is 0 Å². The van der Waals surface area contributed by atoms with E-state index in [9.17, 15) is 19.2 Å². The first kappa shape index (κ1) is 39.4. The monoisotopic (exact) mass is 794 g/mol. The van der Waals surface area contributed by atoms with Crippen molar-refractivity contribution in [1.82, 2.24) is 40.4 Å². The molecule has 4 amide bonds. The highest BCUT2D eigenvalue weighted by Crippen LogP contribution is 2.36. The number of imidazole rings is 2. The van der Waals surface area contributed by atoms with Crippen LogP contribution in [0.5, 0.6) is 0 Å². The van der Waals surface area contributed by atoms with Crippen molar-refractivity contribution in [2.24, 2.45) is 11.8 Å². The van der Waals surface area contributed by atoms with Gasteiger partial charge >= 0.3 is 6.09 Å².